The molecular formula is C10H16N2O5. The topological polar surface area (TPSA) is 90.3 Å². The van der Waals surface area contributed by atoms with Gasteiger partial charge in [-0.05, 0) is 12.2 Å². The molecule has 0 aromatic rings. The fraction of sp³-hybridized carbons (Fsp3) is 0.400. The summed E-state index contributed by atoms with van der Waals surface area (Å²) in [5, 5.41) is 17.7. The minimum absolute atomic E-state index is 0.220. The molecule has 0 fully saturated rings. The molecule has 0 bridgehead atoms. The minimum Gasteiger partial charge on any atom is -0.376 e. The first-order chi connectivity index (χ1) is 8.10. The number of aliphatic hydroxyl groups excluding tert-OH is 2. The van der Waals surface area contributed by atoms with Crippen LogP contribution in [0.3, 0.4) is 0 Å². The van der Waals surface area contributed by atoms with Crippen LogP contribution in [0, 0.1) is 0 Å². The summed E-state index contributed by atoms with van der Waals surface area (Å²) < 4.78 is 4.98. The van der Waals surface area contributed by atoms with E-state index in [0.29, 0.717) is 0 Å². The molecule has 0 aromatic carbocycles. The van der Waals surface area contributed by atoms with E-state index >= 15 is 0 Å². The lowest BCUT2D eigenvalue weighted by Crippen LogP contribution is -2.37. The van der Waals surface area contributed by atoms with Crippen LogP contribution in [0.5, 0.6) is 0 Å². The molecule has 0 heterocycles. The molecule has 0 rings (SSSR count). The predicted octanol–water partition coefficient (Wildman–Crippen LogP) is -1.15. The maximum absolute atomic E-state index is 11.1. The van der Waals surface area contributed by atoms with E-state index in [1.165, 1.54) is 0 Å². The average molecular weight is 244 g/mol. The Kier molecular flexibility index (Phi) is 7.61. The van der Waals surface area contributed by atoms with Gasteiger partial charge in [0, 0.05) is 0 Å². The van der Waals surface area contributed by atoms with Crippen LogP contribution in [-0.4, -0.2) is 58.8 Å². The van der Waals surface area contributed by atoms with Gasteiger partial charge in [0.05, 0.1) is 0 Å². The second-order valence-electron chi connectivity index (χ2n) is 2.91. The zero-order chi connectivity index (χ0) is 13.3. The molecule has 2 N–H and O–H groups in total. The highest BCUT2D eigenvalue weighted by molar-refractivity contribution is 5.87. The van der Waals surface area contributed by atoms with Gasteiger partial charge in [-0.2, -0.15) is 0 Å². The van der Waals surface area contributed by atoms with Crippen LogP contribution >= 0.6 is 0 Å². The van der Waals surface area contributed by atoms with Gasteiger partial charge in [-0.15, -0.1) is 0 Å². The summed E-state index contributed by atoms with van der Waals surface area (Å²) in [7, 11) is 0. The summed E-state index contributed by atoms with van der Waals surface area (Å²) in [6.45, 7) is 5.01. The SMILES string of the molecule is C=CC(=O)N(CO)COCN(CO)C(=O)C=C. The Morgan fingerprint density at radius 1 is 1.00 bits per heavy atom. The molecule has 96 valence electrons. The first-order valence-electron chi connectivity index (χ1n) is 4.72. The summed E-state index contributed by atoms with van der Waals surface area (Å²) in [6.07, 6.45) is 2.05. The monoisotopic (exact) mass is 244 g/mol. The van der Waals surface area contributed by atoms with E-state index in [2.05, 4.69) is 13.2 Å². The maximum atomic E-state index is 11.1. The van der Waals surface area contributed by atoms with Crippen LogP contribution in [0.4, 0.5) is 0 Å². The molecular weight excluding hydrogens is 228 g/mol. The number of nitrogens with zero attached hydrogens (tertiary/aromatic N) is 2. The molecule has 0 aliphatic carbocycles. The highest BCUT2D eigenvalue weighted by Crippen LogP contribution is 1.94. The highest BCUT2D eigenvalue weighted by Gasteiger charge is 2.11. The molecule has 0 aromatic heterocycles. The molecule has 0 saturated heterocycles. The largest absolute Gasteiger partial charge is 0.376 e. The summed E-state index contributed by atoms with van der Waals surface area (Å²) in [5.41, 5.74) is 0. The molecule has 0 aliphatic rings. The van der Waals surface area contributed by atoms with Crippen molar-refractivity contribution in [1.82, 2.24) is 9.80 Å². The van der Waals surface area contributed by atoms with Gasteiger partial charge in [-0.3, -0.25) is 19.4 Å². The third kappa shape index (κ3) is 5.25. The van der Waals surface area contributed by atoms with Gasteiger partial charge in [-0.1, -0.05) is 13.2 Å². The summed E-state index contributed by atoms with van der Waals surface area (Å²) in [4.78, 5) is 24.1. The average Bonchev–Trinajstić information content (AvgIpc) is 2.37. The lowest BCUT2D eigenvalue weighted by Gasteiger charge is -2.22. The van der Waals surface area contributed by atoms with E-state index in [0.717, 1.165) is 22.0 Å². The van der Waals surface area contributed by atoms with Crippen LogP contribution in [0.15, 0.2) is 25.3 Å². The van der Waals surface area contributed by atoms with Gasteiger partial charge in [0.15, 0.2) is 0 Å². The predicted molar refractivity (Wildman–Crippen MR) is 59.1 cm³/mol. The van der Waals surface area contributed by atoms with Crippen LogP contribution < -0.4 is 0 Å². The lowest BCUT2D eigenvalue weighted by molar-refractivity contribution is -0.146. The van der Waals surface area contributed by atoms with Crippen molar-refractivity contribution in [3.05, 3.63) is 25.3 Å². The van der Waals surface area contributed by atoms with Crippen molar-refractivity contribution in [2.75, 3.05) is 26.9 Å². The van der Waals surface area contributed by atoms with Crippen molar-refractivity contribution in [2.45, 2.75) is 0 Å². The second kappa shape index (κ2) is 8.45. The number of carbonyl (C=O) groups is 2. The first-order valence-corrected chi connectivity index (χ1v) is 4.72. The van der Waals surface area contributed by atoms with Gasteiger partial charge < -0.3 is 14.9 Å². The van der Waals surface area contributed by atoms with Crippen molar-refractivity contribution in [1.29, 1.82) is 0 Å². The number of hydrogen-bond donors (Lipinski definition) is 2. The van der Waals surface area contributed by atoms with Crippen LogP contribution in [0.2, 0.25) is 0 Å². The number of aliphatic hydroxyl groups is 2. The van der Waals surface area contributed by atoms with Crippen LogP contribution in [-0.2, 0) is 14.3 Å². The zero-order valence-corrected chi connectivity index (χ0v) is 9.41. The molecule has 7 heteroatoms. The molecule has 0 aliphatic heterocycles. The van der Waals surface area contributed by atoms with Crippen molar-refractivity contribution in [3.8, 4) is 0 Å². The highest BCUT2D eigenvalue weighted by atomic mass is 16.5. The van der Waals surface area contributed by atoms with Gasteiger partial charge in [-0.25, -0.2) is 0 Å². The summed E-state index contributed by atoms with van der Waals surface area (Å²) in [5.74, 6) is -1.00. The molecule has 0 spiro atoms. The quantitative estimate of drug-likeness (QED) is 0.415. The van der Waals surface area contributed by atoms with E-state index in [1.54, 1.807) is 0 Å². The molecule has 2 amide bonds. The maximum Gasteiger partial charge on any atom is 0.249 e. The van der Waals surface area contributed by atoms with Crippen molar-refractivity contribution in [2.24, 2.45) is 0 Å². The minimum atomic E-state index is -0.528. The van der Waals surface area contributed by atoms with Crippen LogP contribution in [0.25, 0.3) is 0 Å². The lowest BCUT2D eigenvalue weighted by atomic mass is 10.5. The zero-order valence-electron chi connectivity index (χ0n) is 9.41. The van der Waals surface area contributed by atoms with Gasteiger partial charge in [0.1, 0.15) is 26.9 Å². The van der Waals surface area contributed by atoms with E-state index in [1.807, 2.05) is 0 Å². The fourth-order valence-electron chi connectivity index (χ4n) is 0.868. The Bertz CT molecular complexity index is 264. The Labute approximate surface area is 99.2 Å². The second-order valence-corrected chi connectivity index (χ2v) is 2.91. The summed E-state index contributed by atoms with van der Waals surface area (Å²) >= 11 is 0. The van der Waals surface area contributed by atoms with Crippen molar-refractivity contribution < 1.29 is 24.5 Å². The number of rotatable bonds is 8. The first kappa shape index (κ1) is 15.3. The van der Waals surface area contributed by atoms with Gasteiger partial charge in [0.2, 0.25) is 11.8 Å². The van der Waals surface area contributed by atoms with Crippen molar-refractivity contribution >= 4 is 11.8 Å². The molecule has 7 nitrogen and oxygen atoms in total. The molecule has 0 unspecified atom stereocenters. The van der Waals surface area contributed by atoms with Crippen LogP contribution in [0.1, 0.15) is 0 Å². The van der Waals surface area contributed by atoms with E-state index < -0.39 is 25.3 Å². The molecule has 17 heavy (non-hydrogen) atoms. The number of ether oxygens (including phenoxy) is 1. The third-order valence-electron chi connectivity index (χ3n) is 1.81. The van der Waals surface area contributed by atoms with Gasteiger partial charge in [0.25, 0.3) is 0 Å². The molecule has 0 atom stereocenters. The fourth-order valence-corrected chi connectivity index (χ4v) is 0.868. The number of carbonyl (C=O) groups excluding carboxylic acids is 2. The van der Waals surface area contributed by atoms with E-state index in [-0.39, 0.29) is 13.5 Å². The van der Waals surface area contributed by atoms with Crippen molar-refractivity contribution in [3.63, 3.8) is 0 Å². The summed E-state index contributed by atoms with van der Waals surface area (Å²) in [6, 6.07) is 0. The Morgan fingerprint density at radius 3 is 1.59 bits per heavy atom. The third-order valence-corrected chi connectivity index (χ3v) is 1.81. The van der Waals surface area contributed by atoms with E-state index in [9.17, 15) is 9.59 Å². The number of amides is 2. The Morgan fingerprint density at radius 2 is 1.35 bits per heavy atom. The molecule has 0 radical (unpaired) electrons. The normalized spacial score (nSPS) is 9.53. The molecule has 0 saturated carbocycles. The standard InChI is InChI=1S/C10H16N2O5/c1-3-9(15)11(5-13)7-17-8-12(6-14)10(16)4-2/h3-4,13-14H,1-2,5-8H2. The van der Waals surface area contributed by atoms with E-state index in [4.69, 9.17) is 14.9 Å². The number of hydrogen-bond acceptors (Lipinski definition) is 5. The smallest absolute Gasteiger partial charge is 0.249 e. The Hall–Kier alpha value is -1.70. The Balaban J connectivity index is 4.10. The van der Waals surface area contributed by atoms with Gasteiger partial charge >= 0.3 is 0 Å².